The molecule has 0 heterocycles. The molecule has 0 radical (unpaired) electrons. The minimum absolute atomic E-state index is 0.101. The van der Waals surface area contributed by atoms with Crippen molar-refractivity contribution in [3.8, 4) is 11.5 Å². The molecule has 144 valence electrons. The summed E-state index contributed by atoms with van der Waals surface area (Å²) in [7, 11) is 3.18. The Kier molecular flexibility index (Phi) is 7.67. The maximum absolute atomic E-state index is 12.1. The van der Waals surface area contributed by atoms with E-state index in [-0.39, 0.29) is 24.3 Å². The molecule has 0 aromatic heterocycles. The van der Waals surface area contributed by atoms with Crippen LogP contribution in [0.15, 0.2) is 48.5 Å². The zero-order valence-electron chi connectivity index (χ0n) is 16.0. The van der Waals surface area contributed by atoms with E-state index in [4.69, 9.17) is 9.47 Å². The highest BCUT2D eigenvalue weighted by atomic mass is 16.5. The van der Waals surface area contributed by atoms with Crippen molar-refractivity contribution in [1.82, 2.24) is 10.6 Å². The summed E-state index contributed by atoms with van der Waals surface area (Å²) in [6, 6.07) is 14.4. The Labute approximate surface area is 159 Å². The summed E-state index contributed by atoms with van der Waals surface area (Å²) in [6.45, 7) is 2.32. The molecule has 1 unspecified atom stereocenters. The summed E-state index contributed by atoms with van der Waals surface area (Å²) < 4.78 is 10.5. The number of hydrogen-bond acceptors (Lipinski definition) is 4. The normalized spacial score (nSPS) is 11.4. The van der Waals surface area contributed by atoms with Gasteiger partial charge in [0.1, 0.15) is 0 Å². The Morgan fingerprint density at radius 1 is 1.00 bits per heavy atom. The van der Waals surface area contributed by atoms with E-state index in [1.54, 1.807) is 38.5 Å². The zero-order valence-corrected chi connectivity index (χ0v) is 16.0. The number of hydrogen-bond donors (Lipinski definition) is 2. The van der Waals surface area contributed by atoms with Crippen LogP contribution in [0, 0.1) is 0 Å². The van der Waals surface area contributed by atoms with Gasteiger partial charge in [-0.2, -0.15) is 0 Å². The lowest BCUT2D eigenvalue weighted by Crippen LogP contribution is -2.37. The molecule has 0 aliphatic carbocycles. The molecule has 0 saturated heterocycles. The van der Waals surface area contributed by atoms with Crippen LogP contribution in [-0.4, -0.2) is 38.6 Å². The molecule has 0 aliphatic heterocycles. The molecule has 0 spiro atoms. The van der Waals surface area contributed by atoms with E-state index in [9.17, 15) is 9.59 Å². The van der Waals surface area contributed by atoms with Gasteiger partial charge in [0.05, 0.1) is 14.2 Å². The van der Waals surface area contributed by atoms with E-state index in [1.807, 2.05) is 31.2 Å². The molecule has 6 heteroatoms. The van der Waals surface area contributed by atoms with Gasteiger partial charge in [0.25, 0.3) is 5.91 Å². The van der Waals surface area contributed by atoms with Gasteiger partial charge in [-0.05, 0) is 43.2 Å². The van der Waals surface area contributed by atoms with E-state index in [0.29, 0.717) is 30.0 Å². The van der Waals surface area contributed by atoms with E-state index < -0.39 is 0 Å². The highest BCUT2D eigenvalue weighted by Gasteiger charge is 2.13. The Bertz CT molecular complexity index is 762. The largest absolute Gasteiger partial charge is 0.493 e. The van der Waals surface area contributed by atoms with Crippen LogP contribution in [-0.2, 0) is 11.2 Å². The predicted octanol–water partition coefficient (Wildman–Crippen LogP) is 2.57. The first-order valence-corrected chi connectivity index (χ1v) is 8.87. The second-order valence-electron chi connectivity index (χ2n) is 6.23. The van der Waals surface area contributed by atoms with Crippen LogP contribution in [0.5, 0.6) is 11.5 Å². The first-order valence-electron chi connectivity index (χ1n) is 8.87. The Hall–Kier alpha value is -3.02. The van der Waals surface area contributed by atoms with Crippen LogP contribution >= 0.6 is 0 Å². The minimum atomic E-state index is -0.251. The number of carbonyl (C=O) groups is 2. The van der Waals surface area contributed by atoms with Gasteiger partial charge < -0.3 is 20.1 Å². The maximum Gasteiger partial charge on any atom is 0.251 e. The van der Waals surface area contributed by atoms with E-state index >= 15 is 0 Å². The molecule has 2 aromatic rings. The fraction of sp³-hybridized carbons (Fsp3) is 0.333. The topological polar surface area (TPSA) is 76.7 Å². The summed E-state index contributed by atoms with van der Waals surface area (Å²) in [6.07, 6.45) is 0.904. The third-order valence-electron chi connectivity index (χ3n) is 4.09. The molecule has 2 amide bonds. The third kappa shape index (κ3) is 6.33. The molecular formula is C21H26N2O4. The molecule has 27 heavy (non-hydrogen) atoms. The van der Waals surface area contributed by atoms with Crippen molar-refractivity contribution in [2.45, 2.75) is 25.8 Å². The molecule has 0 saturated carbocycles. The van der Waals surface area contributed by atoms with Crippen molar-refractivity contribution in [3.05, 3.63) is 59.7 Å². The van der Waals surface area contributed by atoms with Crippen LogP contribution in [0.2, 0.25) is 0 Å². The maximum atomic E-state index is 12.1. The average molecular weight is 370 g/mol. The van der Waals surface area contributed by atoms with Gasteiger partial charge in [0.15, 0.2) is 11.5 Å². The van der Waals surface area contributed by atoms with Crippen molar-refractivity contribution in [2.24, 2.45) is 0 Å². The summed E-state index contributed by atoms with van der Waals surface area (Å²) in [4.78, 5) is 24.2. The fourth-order valence-electron chi connectivity index (χ4n) is 2.68. The standard InChI is InChI=1S/C21H26N2O4/c1-15(23-21(25)17-7-5-4-6-8-17)13-20(24)22-12-11-16-9-10-18(26-2)19(14-16)27-3/h4-10,14-15H,11-13H2,1-3H3,(H,22,24)(H,23,25). The third-order valence-corrected chi connectivity index (χ3v) is 4.09. The SMILES string of the molecule is COc1ccc(CCNC(=O)CC(C)NC(=O)c2ccccc2)cc1OC. The predicted molar refractivity (Wildman–Crippen MR) is 104 cm³/mol. The number of rotatable bonds is 9. The van der Waals surface area contributed by atoms with Crippen LogP contribution in [0.3, 0.4) is 0 Å². The Balaban J connectivity index is 1.75. The fourth-order valence-corrected chi connectivity index (χ4v) is 2.68. The molecule has 2 rings (SSSR count). The van der Waals surface area contributed by atoms with Crippen LogP contribution in [0.25, 0.3) is 0 Å². The summed E-state index contributed by atoms with van der Waals surface area (Å²) in [5.41, 5.74) is 1.62. The van der Waals surface area contributed by atoms with E-state index in [0.717, 1.165) is 5.56 Å². The molecule has 6 nitrogen and oxygen atoms in total. The van der Waals surface area contributed by atoms with E-state index in [1.165, 1.54) is 0 Å². The number of amides is 2. The van der Waals surface area contributed by atoms with Gasteiger partial charge in [-0.15, -0.1) is 0 Å². The highest BCUT2D eigenvalue weighted by Crippen LogP contribution is 2.27. The second-order valence-corrected chi connectivity index (χ2v) is 6.23. The van der Waals surface area contributed by atoms with Crippen LogP contribution in [0.1, 0.15) is 29.3 Å². The lowest BCUT2D eigenvalue weighted by Gasteiger charge is -2.14. The average Bonchev–Trinajstić information content (AvgIpc) is 2.68. The molecule has 2 N–H and O–H groups in total. The molecule has 2 aromatic carbocycles. The first-order chi connectivity index (χ1) is 13.0. The molecule has 1 atom stereocenters. The number of methoxy groups -OCH3 is 2. The van der Waals surface area contributed by atoms with E-state index in [2.05, 4.69) is 10.6 Å². The molecule has 0 bridgehead atoms. The number of nitrogens with one attached hydrogen (secondary N) is 2. The van der Waals surface area contributed by atoms with Gasteiger partial charge in [0.2, 0.25) is 5.91 Å². The van der Waals surface area contributed by atoms with Crippen LogP contribution in [0.4, 0.5) is 0 Å². The lowest BCUT2D eigenvalue weighted by atomic mass is 10.1. The van der Waals surface area contributed by atoms with Gasteiger partial charge in [-0.1, -0.05) is 24.3 Å². The quantitative estimate of drug-likeness (QED) is 0.711. The minimum Gasteiger partial charge on any atom is -0.493 e. The van der Waals surface area contributed by atoms with Crippen molar-refractivity contribution < 1.29 is 19.1 Å². The van der Waals surface area contributed by atoms with Gasteiger partial charge >= 0.3 is 0 Å². The van der Waals surface area contributed by atoms with Gasteiger partial charge in [0, 0.05) is 24.6 Å². The van der Waals surface area contributed by atoms with Crippen molar-refractivity contribution in [2.75, 3.05) is 20.8 Å². The second kappa shape index (κ2) is 10.2. The summed E-state index contributed by atoms with van der Waals surface area (Å²) >= 11 is 0. The number of benzene rings is 2. The number of carbonyl (C=O) groups excluding carboxylic acids is 2. The van der Waals surface area contributed by atoms with Crippen LogP contribution < -0.4 is 20.1 Å². The van der Waals surface area contributed by atoms with Crippen molar-refractivity contribution >= 4 is 11.8 Å². The van der Waals surface area contributed by atoms with Crippen molar-refractivity contribution in [3.63, 3.8) is 0 Å². The summed E-state index contributed by atoms with van der Waals surface area (Å²) in [5.74, 6) is 1.06. The zero-order chi connectivity index (χ0) is 19.6. The first kappa shape index (κ1) is 20.3. The van der Waals surface area contributed by atoms with Gasteiger partial charge in [-0.25, -0.2) is 0 Å². The number of ether oxygens (including phenoxy) is 2. The monoisotopic (exact) mass is 370 g/mol. The smallest absolute Gasteiger partial charge is 0.251 e. The summed E-state index contributed by atoms with van der Waals surface area (Å²) in [5, 5.41) is 5.71. The van der Waals surface area contributed by atoms with Gasteiger partial charge in [-0.3, -0.25) is 9.59 Å². The lowest BCUT2D eigenvalue weighted by molar-refractivity contribution is -0.121. The van der Waals surface area contributed by atoms with Crippen molar-refractivity contribution in [1.29, 1.82) is 0 Å². The molecule has 0 aliphatic rings. The highest BCUT2D eigenvalue weighted by molar-refractivity contribution is 5.94. The Morgan fingerprint density at radius 2 is 1.70 bits per heavy atom. The molecular weight excluding hydrogens is 344 g/mol. The molecule has 0 fully saturated rings. The Morgan fingerprint density at radius 3 is 2.37 bits per heavy atom.